The Labute approximate surface area is 316 Å². The first-order chi connectivity index (χ1) is 25.9. The fraction of sp³-hybridized carbons (Fsp3) is 0.647. The number of aromatic nitrogens is 2. The van der Waals surface area contributed by atoms with E-state index in [-0.39, 0.29) is 38.3 Å². The third-order valence-electron chi connectivity index (χ3n) is 9.56. The summed E-state index contributed by atoms with van der Waals surface area (Å²) >= 11 is 0. The van der Waals surface area contributed by atoms with Crippen LogP contribution in [0.3, 0.4) is 0 Å². The van der Waals surface area contributed by atoms with E-state index in [0.717, 1.165) is 4.90 Å². The molecule has 3 rings (SSSR count). The third-order valence-corrected chi connectivity index (χ3v) is 9.56. The number of H-pyrrole nitrogens is 1. The Morgan fingerprint density at radius 2 is 1.29 bits per heavy atom. The van der Waals surface area contributed by atoms with Gasteiger partial charge < -0.3 is 57.1 Å². The zero-order chi connectivity index (χ0) is 41.0. The number of hydrogen-bond donors (Lipinski definition) is 9. The van der Waals surface area contributed by atoms with Gasteiger partial charge in [0.05, 0.1) is 12.4 Å². The van der Waals surface area contributed by atoms with Gasteiger partial charge in [-0.3, -0.25) is 38.4 Å². The monoisotopic (exact) mass is 777 g/mol. The number of amides is 6. The van der Waals surface area contributed by atoms with Crippen LogP contribution in [0.25, 0.3) is 0 Å². The quantitative estimate of drug-likeness (QED) is 0.0672. The highest BCUT2D eigenvalue weighted by Gasteiger charge is 2.40. The number of rotatable bonds is 20. The second kappa shape index (κ2) is 20.2. The topological polar surface area (TPSA) is 324 Å². The maximum absolute atomic E-state index is 13.7. The summed E-state index contributed by atoms with van der Waals surface area (Å²) in [5, 5.41) is 38.3. The summed E-state index contributed by atoms with van der Waals surface area (Å²) in [7, 11) is 0. The number of aromatic amines is 1. The molecule has 10 N–H and O–H groups in total. The standard InChI is InChI=1S/C34H51N9O12/c1-17(2)27(35)31(51)38-18(3)32(52)42-12-4-6-23(42)30(50)40-21(9-11-26(46)47)28(48)39-20(8-10-25(44)45)29(49)41-22(14-19-15-36-16-37-19)33(53)43-13-5-7-24(43)34(54)55/h15-18,20-24,27H,4-14,35H2,1-3H3,(H,36,37)(H,38,51)(H,39,48)(H,40,50)(H,41,49)(H,44,45)(H,46,47)(H,54,55)/t18-,20-,21-,22-,23-,24-,27-/m0/s1. The highest BCUT2D eigenvalue weighted by molar-refractivity contribution is 5.97. The van der Waals surface area contributed by atoms with E-state index in [1.54, 1.807) is 13.8 Å². The molecular weight excluding hydrogens is 726 g/mol. The molecular formula is C34H51N9O12. The number of carbonyl (C=O) groups excluding carboxylic acids is 6. The van der Waals surface area contributed by atoms with Gasteiger partial charge in [0, 0.05) is 44.2 Å². The van der Waals surface area contributed by atoms with Crippen LogP contribution in [0.5, 0.6) is 0 Å². The van der Waals surface area contributed by atoms with Crippen molar-refractivity contribution < 1.29 is 58.5 Å². The van der Waals surface area contributed by atoms with Crippen molar-refractivity contribution >= 4 is 53.4 Å². The number of hydrogen-bond acceptors (Lipinski definition) is 11. The minimum atomic E-state index is -1.61. The molecule has 3 heterocycles. The fourth-order valence-corrected chi connectivity index (χ4v) is 6.42. The first-order valence-corrected chi connectivity index (χ1v) is 18.1. The normalized spacial score (nSPS) is 19.4. The molecule has 2 aliphatic heterocycles. The number of carbonyl (C=O) groups is 9. The molecule has 0 aromatic carbocycles. The lowest BCUT2D eigenvalue weighted by molar-refractivity contribution is -0.149. The van der Waals surface area contributed by atoms with Crippen LogP contribution in [-0.4, -0.2) is 144 Å². The van der Waals surface area contributed by atoms with Crippen molar-refractivity contribution in [1.82, 2.24) is 41.0 Å². The highest BCUT2D eigenvalue weighted by atomic mass is 16.4. The van der Waals surface area contributed by atoms with Gasteiger partial charge >= 0.3 is 17.9 Å². The van der Waals surface area contributed by atoms with E-state index in [1.165, 1.54) is 24.3 Å². The molecule has 21 nitrogen and oxygen atoms in total. The largest absolute Gasteiger partial charge is 0.481 e. The SMILES string of the molecule is CC(C)[C@H](N)C(=O)N[C@@H](C)C(=O)N1CCC[C@H]1C(=O)N[C@@H](CCC(=O)O)C(=O)N[C@@H](CCC(=O)O)C(=O)N[C@@H](Cc1cnc[nH]1)C(=O)N1CCC[C@H]1C(=O)O. The minimum Gasteiger partial charge on any atom is -0.481 e. The van der Waals surface area contributed by atoms with Crippen molar-refractivity contribution in [3.05, 3.63) is 18.2 Å². The van der Waals surface area contributed by atoms with E-state index in [4.69, 9.17) is 5.73 Å². The molecule has 55 heavy (non-hydrogen) atoms. The molecule has 0 saturated carbocycles. The predicted octanol–water partition coefficient (Wildman–Crippen LogP) is -2.31. The van der Waals surface area contributed by atoms with E-state index >= 15 is 0 Å². The molecule has 7 atom stereocenters. The van der Waals surface area contributed by atoms with Crippen molar-refractivity contribution in [2.75, 3.05) is 13.1 Å². The number of likely N-dealkylation sites (tertiary alicyclic amines) is 2. The van der Waals surface area contributed by atoms with Gasteiger partial charge in [0.2, 0.25) is 35.4 Å². The van der Waals surface area contributed by atoms with Gasteiger partial charge in [-0.1, -0.05) is 13.8 Å². The van der Waals surface area contributed by atoms with Crippen LogP contribution in [0.1, 0.15) is 77.8 Å². The van der Waals surface area contributed by atoms with Gasteiger partial charge in [0.25, 0.3) is 0 Å². The average Bonchev–Trinajstić information content (AvgIpc) is 3.93. The lowest BCUT2D eigenvalue weighted by Gasteiger charge is -2.30. The number of carboxylic acids is 3. The van der Waals surface area contributed by atoms with E-state index in [9.17, 15) is 58.5 Å². The Hall–Kier alpha value is -5.60. The first kappa shape index (κ1) is 43.8. The molecule has 0 unspecified atom stereocenters. The number of nitrogens with zero attached hydrogens (tertiary/aromatic N) is 3. The van der Waals surface area contributed by atoms with Crippen LogP contribution in [0.15, 0.2) is 12.5 Å². The molecule has 0 aliphatic carbocycles. The van der Waals surface area contributed by atoms with Gasteiger partial charge in [0.1, 0.15) is 36.3 Å². The molecule has 0 radical (unpaired) electrons. The average molecular weight is 778 g/mol. The van der Waals surface area contributed by atoms with Gasteiger partial charge in [-0.05, 0) is 51.4 Å². The summed E-state index contributed by atoms with van der Waals surface area (Å²) in [6, 6.07) is -8.68. The number of nitrogens with one attached hydrogen (secondary N) is 5. The predicted molar refractivity (Wildman–Crippen MR) is 189 cm³/mol. The van der Waals surface area contributed by atoms with Crippen LogP contribution in [0.4, 0.5) is 0 Å². The first-order valence-electron chi connectivity index (χ1n) is 18.1. The Morgan fingerprint density at radius 3 is 1.80 bits per heavy atom. The van der Waals surface area contributed by atoms with Crippen molar-refractivity contribution in [2.45, 2.75) is 121 Å². The van der Waals surface area contributed by atoms with Crippen LogP contribution in [-0.2, 0) is 49.6 Å². The van der Waals surface area contributed by atoms with E-state index in [1.807, 2.05) is 0 Å². The van der Waals surface area contributed by atoms with Gasteiger partial charge in [0.15, 0.2) is 0 Å². The summed E-state index contributed by atoms with van der Waals surface area (Å²) in [4.78, 5) is 124. The van der Waals surface area contributed by atoms with Crippen molar-refractivity contribution in [2.24, 2.45) is 11.7 Å². The Kier molecular flexibility index (Phi) is 16.1. The molecule has 2 aliphatic rings. The van der Waals surface area contributed by atoms with E-state index in [0.29, 0.717) is 18.5 Å². The molecule has 1 aromatic rings. The Balaban J connectivity index is 1.80. The lowest BCUT2D eigenvalue weighted by Crippen LogP contribution is -2.59. The number of carboxylic acid groups (broad SMARTS) is 3. The second-order valence-corrected chi connectivity index (χ2v) is 14.0. The summed E-state index contributed by atoms with van der Waals surface area (Å²) < 4.78 is 0. The van der Waals surface area contributed by atoms with Gasteiger partial charge in [-0.15, -0.1) is 0 Å². The van der Waals surface area contributed by atoms with Gasteiger partial charge in [-0.25, -0.2) is 9.78 Å². The summed E-state index contributed by atoms with van der Waals surface area (Å²) in [5.41, 5.74) is 6.29. The van der Waals surface area contributed by atoms with E-state index < -0.39 is 121 Å². The Bertz CT molecular complexity index is 1590. The van der Waals surface area contributed by atoms with Crippen molar-refractivity contribution in [1.29, 1.82) is 0 Å². The number of nitrogens with two attached hydrogens (primary N) is 1. The minimum absolute atomic E-state index is 0.110. The smallest absolute Gasteiger partial charge is 0.326 e. The second-order valence-electron chi connectivity index (χ2n) is 14.0. The maximum Gasteiger partial charge on any atom is 0.326 e. The van der Waals surface area contributed by atoms with Gasteiger partial charge in [-0.2, -0.15) is 0 Å². The zero-order valence-corrected chi connectivity index (χ0v) is 31.0. The van der Waals surface area contributed by atoms with Crippen LogP contribution < -0.4 is 27.0 Å². The molecule has 304 valence electrons. The summed E-state index contributed by atoms with van der Waals surface area (Å²) in [6.07, 6.45) is 1.61. The zero-order valence-electron chi connectivity index (χ0n) is 31.0. The molecule has 21 heteroatoms. The molecule has 0 spiro atoms. The number of imidazole rings is 1. The third kappa shape index (κ3) is 12.5. The maximum atomic E-state index is 13.7. The number of aliphatic carboxylic acids is 3. The lowest BCUT2D eigenvalue weighted by atomic mass is 10.0. The highest BCUT2D eigenvalue weighted by Crippen LogP contribution is 2.21. The van der Waals surface area contributed by atoms with Crippen LogP contribution in [0.2, 0.25) is 0 Å². The van der Waals surface area contributed by atoms with Crippen molar-refractivity contribution in [3.8, 4) is 0 Å². The molecule has 6 amide bonds. The molecule has 2 saturated heterocycles. The van der Waals surface area contributed by atoms with Crippen LogP contribution >= 0.6 is 0 Å². The summed E-state index contributed by atoms with van der Waals surface area (Å²) in [6.45, 7) is 5.18. The molecule has 0 bridgehead atoms. The molecule has 1 aromatic heterocycles. The molecule has 2 fully saturated rings. The Morgan fingerprint density at radius 1 is 0.764 bits per heavy atom. The van der Waals surface area contributed by atoms with Crippen molar-refractivity contribution in [3.63, 3.8) is 0 Å². The van der Waals surface area contributed by atoms with E-state index in [2.05, 4.69) is 31.2 Å². The summed E-state index contributed by atoms with van der Waals surface area (Å²) in [5.74, 6) is -8.77. The fourth-order valence-electron chi connectivity index (χ4n) is 6.42. The van der Waals surface area contributed by atoms with Crippen LogP contribution in [0, 0.1) is 5.92 Å².